The lowest BCUT2D eigenvalue weighted by Gasteiger charge is -2.28. The van der Waals surface area contributed by atoms with Gasteiger partial charge in [-0.2, -0.15) is 0 Å². The molecule has 0 atom stereocenters. The molecule has 0 saturated carbocycles. The maximum atomic E-state index is 13.3. The lowest BCUT2D eigenvalue weighted by molar-refractivity contribution is -1.01. The van der Waals surface area contributed by atoms with Gasteiger partial charge in [-0.15, -0.1) is 0 Å². The Kier molecular flexibility index (Phi) is 5.61. The highest BCUT2D eigenvalue weighted by molar-refractivity contribution is 5.23. The molecule has 0 aliphatic carbocycles. The Morgan fingerprint density at radius 3 is 2.47 bits per heavy atom. The van der Waals surface area contributed by atoms with Gasteiger partial charge in [0.15, 0.2) is 11.6 Å². The molecule has 0 aromatic heterocycles. The van der Waals surface area contributed by atoms with Crippen LogP contribution in [0.5, 0.6) is 5.75 Å². The van der Waals surface area contributed by atoms with Gasteiger partial charge in [-0.3, -0.25) is 0 Å². The number of quaternary nitrogens is 2. The molecule has 1 aromatic carbocycles. The molecule has 1 fully saturated rings. The summed E-state index contributed by atoms with van der Waals surface area (Å²) in [5.41, 5.74) is 0. The second kappa shape index (κ2) is 7.46. The van der Waals surface area contributed by atoms with Crippen molar-refractivity contribution in [1.29, 1.82) is 0 Å². The first kappa shape index (κ1) is 14.3. The number of rotatable bonds is 6. The van der Waals surface area contributed by atoms with E-state index in [-0.39, 0.29) is 5.82 Å². The smallest absolute Gasteiger partial charge is 0.165 e. The molecule has 106 valence electrons. The van der Waals surface area contributed by atoms with Gasteiger partial charge in [0, 0.05) is 6.42 Å². The minimum atomic E-state index is -0.269. The van der Waals surface area contributed by atoms with Gasteiger partial charge >= 0.3 is 0 Å². The van der Waals surface area contributed by atoms with Crippen LogP contribution in [0, 0.1) is 5.82 Å². The molecule has 3 nitrogen and oxygen atoms in total. The number of para-hydroxylation sites is 1. The van der Waals surface area contributed by atoms with Crippen molar-refractivity contribution >= 4 is 0 Å². The van der Waals surface area contributed by atoms with E-state index in [2.05, 4.69) is 6.92 Å². The molecule has 1 aromatic rings. The van der Waals surface area contributed by atoms with Gasteiger partial charge in [-0.05, 0) is 19.1 Å². The Hall–Kier alpha value is -1.13. The number of hydrogen-bond acceptors (Lipinski definition) is 1. The predicted octanol–water partition coefficient (Wildman–Crippen LogP) is -0.602. The van der Waals surface area contributed by atoms with Crippen LogP contribution in [0.1, 0.15) is 13.3 Å². The zero-order valence-corrected chi connectivity index (χ0v) is 11.8. The summed E-state index contributed by atoms with van der Waals surface area (Å²) >= 11 is 0. The minimum absolute atomic E-state index is 0.269. The van der Waals surface area contributed by atoms with Gasteiger partial charge in [-0.1, -0.05) is 12.1 Å². The summed E-state index contributed by atoms with van der Waals surface area (Å²) in [5, 5.41) is 0. The fraction of sp³-hybridized carbons (Fsp3) is 0.600. The zero-order chi connectivity index (χ0) is 13.5. The molecule has 4 heteroatoms. The Labute approximate surface area is 115 Å². The van der Waals surface area contributed by atoms with Crippen molar-refractivity contribution in [1.82, 2.24) is 0 Å². The Balaban J connectivity index is 1.61. The summed E-state index contributed by atoms with van der Waals surface area (Å²) < 4.78 is 18.8. The maximum Gasteiger partial charge on any atom is 0.165 e. The number of hydrogen-bond donors (Lipinski definition) is 2. The molecule has 1 aliphatic rings. The first-order valence-corrected chi connectivity index (χ1v) is 7.34. The van der Waals surface area contributed by atoms with Crippen molar-refractivity contribution in [2.24, 2.45) is 0 Å². The zero-order valence-electron chi connectivity index (χ0n) is 11.8. The minimum Gasteiger partial charge on any atom is -0.490 e. The normalized spacial score (nSPS) is 23.3. The average Bonchev–Trinajstić information content (AvgIpc) is 2.46. The van der Waals surface area contributed by atoms with E-state index in [1.165, 1.54) is 38.8 Å². The molecule has 0 unspecified atom stereocenters. The largest absolute Gasteiger partial charge is 0.490 e. The molecule has 0 bridgehead atoms. The molecular formula is C15H25FN2O+2. The van der Waals surface area contributed by atoms with Crippen molar-refractivity contribution < 1.29 is 18.9 Å². The fourth-order valence-corrected chi connectivity index (χ4v) is 2.63. The SMILES string of the molecule is CC[NH+]1CC[NH+](CCCOc2ccccc2F)CC1. The van der Waals surface area contributed by atoms with Crippen LogP contribution in [0.2, 0.25) is 0 Å². The van der Waals surface area contributed by atoms with E-state index >= 15 is 0 Å². The van der Waals surface area contributed by atoms with Gasteiger partial charge in [-0.25, -0.2) is 4.39 Å². The van der Waals surface area contributed by atoms with Crippen LogP contribution in [0.25, 0.3) is 0 Å². The molecular weight excluding hydrogens is 243 g/mol. The summed E-state index contributed by atoms with van der Waals surface area (Å²) in [6, 6.07) is 6.61. The van der Waals surface area contributed by atoms with E-state index in [0.29, 0.717) is 12.4 Å². The van der Waals surface area contributed by atoms with Crippen molar-refractivity contribution in [3.8, 4) is 5.75 Å². The van der Waals surface area contributed by atoms with E-state index in [1.807, 2.05) is 0 Å². The summed E-state index contributed by atoms with van der Waals surface area (Å²) in [4.78, 5) is 3.38. The van der Waals surface area contributed by atoms with Crippen LogP contribution in [0.15, 0.2) is 24.3 Å². The number of ether oxygens (including phenoxy) is 1. The Morgan fingerprint density at radius 2 is 1.79 bits per heavy atom. The summed E-state index contributed by atoms with van der Waals surface area (Å²) in [5.74, 6) is 0.104. The van der Waals surface area contributed by atoms with Crippen LogP contribution in [-0.4, -0.2) is 45.9 Å². The lowest BCUT2D eigenvalue weighted by atomic mass is 10.3. The molecule has 0 radical (unpaired) electrons. The molecule has 1 aliphatic heterocycles. The predicted molar refractivity (Wildman–Crippen MR) is 73.3 cm³/mol. The van der Waals surface area contributed by atoms with Gasteiger partial charge in [0.1, 0.15) is 26.2 Å². The first-order chi connectivity index (χ1) is 9.29. The highest BCUT2D eigenvalue weighted by Crippen LogP contribution is 2.15. The van der Waals surface area contributed by atoms with Crippen LogP contribution in [-0.2, 0) is 0 Å². The molecule has 0 spiro atoms. The van der Waals surface area contributed by atoms with Crippen molar-refractivity contribution in [3.05, 3.63) is 30.1 Å². The molecule has 2 rings (SSSR count). The lowest BCUT2D eigenvalue weighted by Crippen LogP contribution is -3.28. The first-order valence-electron chi connectivity index (χ1n) is 7.34. The van der Waals surface area contributed by atoms with Crippen molar-refractivity contribution in [2.45, 2.75) is 13.3 Å². The highest BCUT2D eigenvalue weighted by atomic mass is 19.1. The van der Waals surface area contributed by atoms with Crippen LogP contribution in [0.4, 0.5) is 4.39 Å². The molecule has 1 heterocycles. The number of piperazine rings is 1. The summed E-state index contributed by atoms with van der Waals surface area (Å²) in [6.45, 7) is 10.3. The maximum absolute atomic E-state index is 13.3. The third kappa shape index (κ3) is 4.48. The van der Waals surface area contributed by atoms with E-state index in [0.717, 1.165) is 13.0 Å². The third-order valence-electron chi connectivity index (χ3n) is 3.93. The van der Waals surface area contributed by atoms with Gasteiger partial charge < -0.3 is 14.5 Å². The average molecular weight is 268 g/mol. The molecule has 2 N–H and O–H groups in total. The van der Waals surface area contributed by atoms with E-state index in [1.54, 1.807) is 28.0 Å². The monoisotopic (exact) mass is 268 g/mol. The number of halogens is 1. The van der Waals surface area contributed by atoms with Crippen molar-refractivity contribution in [3.63, 3.8) is 0 Å². The Morgan fingerprint density at radius 1 is 1.11 bits per heavy atom. The summed E-state index contributed by atoms with van der Waals surface area (Å²) in [6.07, 6.45) is 0.991. The number of likely N-dealkylation sites (N-methyl/N-ethyl adjacent to an activating group) is 1. The quantitative estimate of drug-likeness (QED) is 0.659. The van der Waals surface area contributed by atoms with E-state index in [9.17, 15) is 4.39 Å². The van der Waals surface area contributed by atoms with Crippen LogP contribution in [0.3, 0.4) is 0 Å². The fourth-order valence-electron chi connectivity index (χ4n) is 2.63. The van der Waals surface area contributed by atoms with E-state index in [4.69, 9.17) is 4.74 Å². The Bertz CT molecular complexity index is 378. The van der Waals surface area contributed by atoms with Gasteiger partial charge in [0.2, 0.25) is 0 Å². The van der Waals surface area contributed by atoms with E-state index < -0.39 is 0 Å². The number of benzene rings is 1. The van der Waals surface area contributed by atoms with Gasteiger partial charge in [0.25, 0.3) is 0 Å². The number of nitrogens with one attached hydrogen (secondary N) is 2. The summed E-state index contributed by atoms with van der Waals surface area (Å²) in [7, 11) is 0. The van der Waals surface area contributed by atoms with Gasteiger partial charge in [0.05, 0.1) is 19.7 Å². The van der Waals surface area contributed by atoms with Crippen molar-refractivity contribution in [2.75, 3.05) is 45.9 Å². The third-order valence-corrected chi connectivity index (χ3v) is 3.93. The van der Waals surface area contributed by atoms with Crippen LogP contribution < -0.4 is 14.5 Å². The topological polar surface area (TPSA) is 18.1 Å². The molecule has 1 saturated heterocycles. The highest BCUT2D eigenvalue weighted by Gasteiger charge is 2.20. The molecule has 19 heavy (non-hydrogen) atoms. The second-order valence-corrected chi connectivity index (χ2v) is 5.24. The standard InChI is InChI=1S/C15H23FN2O/c1-2-17-9-11-18(12-10-17)8-5-13-19-15-7-4-3-6-14(15)16/h3-4,6-7H,2,5,8-13H2,1H3/p+2. The van der Waals surface area contributed by atoms with Crippen LogP contribution >= 0.6 is 0 Å². The second-order valence-electron chi connectivity index (χ2n) is 5.24. The molecule has 0 amide bonds.